The maximum Gasteiger partial charge on any atom is 0.146 e. The highest BCUT2D eigenvalue weighted by Gasteiger charge is 2.16. The summed E-state index contributed by atoms with van der Waals surface area (Å²) in [4.78, 5) is 0. The van der Waals surface area contributed by atoms with Gasteiger partial charge in [-0.3, -0.25) is 0 Å². The van der Waals surface area contributed by atoms with Crippen molar-refractivity contribution in [1.29, 1.82) is 0 Å². The number of hydrogen-bond donors (Lipinski definition) is 1. The Balaban J connectivity index is 1.82. The lowest BCUT2D eigenvalue weighted by Gasteiger charge is -2.26. The molecule has 2 rings (SSSR count). The second-order valence-electron chi connectivity index (χ2n) is 3.37. The minimum atomic E-state index is 0.724. The normalized spacial score (nSPS) is 17.8. The van der Waals surface area contributed by atoms with E-state index in [0.29, 0.717) is 0 Å². The third-order valence-corrected chi connectivity index (χ3v) is 2.46. The monoisotopic (exact) mass is 166 g/mol. The zero-order chi connectivity index (χ0) is 8.39. The van der Waals surface area contributed by atoms with Crippen molar-refractivity contribution in [2.45, 2.75) is 31.8 Å². The van der Waals surface area contributed by atoms with Crippen LogP contribution in [0.25, 0.3) is 0 Å². The standard InChI is InChI=1S/C8H14N4/c1-12-6-10-11-8(12)5-9-7-3-2-4-7/h6-7,9H,2-5H2,1H3. The van der Waals surface area contributed by atoms with Gasteiger partial charge in [0, 0.05) is 13.1 Å². The molecule has 1 heterocycles. The number of aromatic nitrogens is 3. The van der Waals surface area contributed by atoms with Gasteiger partial charge in [0.1, 0.15) is 12.2 Å². The lowest BCUT2D eigenvalue weighted by Crippen LogP contribution is -2.35. The summed E-state index contributed by atoms with van der Waals surface area (Å²) >= 11 is 0. The molecule has 0 bridgehead atoms. The van der Waals surface area contributed by atoms with Gasteiger partial charge in [0.25, 0.3) is 0 Å². The van der Waals surface area contributed by atoms with Crippen LogP contribution < -0.4 is 5.32 Å². The van der Waals surface area contributed by atoms with Crippen LogP contribution in [0.1, 0.15) is 25.1 Å². The lowest BCUT2D eigenvalue weighted by atomic mass is 9.93. The van der Waals surface area contributed by atoms with Gasteiger partial charge in [0.2, 0.25) is 0 Å². The third kappa shape index (κ3) is 1.48. The van der Waals surface area contributed by atoms with Crippen molar-refractivity contribution in [2.24, 2.45) is 7.05 Å². The average molecular weight is 166 g/mol. The minimum Gasteiger partial charge on any atom is -0.320 e. The van der Waals surface area contributed by atoms with E-state index >= 15 is 0 Å². The molecule has 66 valence electrons. The third-order valence-electron chi connectivity index (χ3n) is 2.46. The van der Waals surface area contributed by atoms with Crippen LogP contribution in [0.2, 0.25) is 0 Å². The Bertz CT molecular complexity index is 251. The van der Waals surface area contributed by atoms with Gasteiger partial charge in [-0.1, -0.05) is 6.42 Å². The Morgan fingerprint density at radius 2 is 2.50 bits per heavy atom. The molecule has 1 fully saturated rings. The van der Waals surface area contributed by atoms with E-state index in [-0.39, 0.29) is 0 Å². The molecule has 0 saturated heterocycles. The molecule has 0 aliphatic heterocycles. The number of nitrogens with zero attached hydrogens (tertiary/aromatic N) is 3. The van der Waals surface area contributed by atoms with E-state index in [1.807, 2.05) is 11.6 Å². The fourth-order valence-electron chi connectivity index (χ4n) is 1.32. The van der Waals surface area contributed by atoms with Gasteiger partial charge in [-0.2, -0.15) is 0 Å². The summed E-state index contributed by atoms with van der Waals surface area (Å²) in [5, 5.41) is 11.3. The Morgan fingerprint density at radius 1 is 1.67 bits per heavy atom. The molecule has 12 heavy (non-hydrogen) atoms. The molecule has 1 aliphatic rings. The van der Waals surface area contributed by atoms with E-state index < -0.39 is 0 Å². The molecule has 4 heteroatoms. The van der Waals surface area contributed by atoms with Crippen molar-refractivity contribution in [3.8, 4) is 0 Å². The highest BCUT2D eigenvalue weighted by atomic mass is 15.3. The Labute approximate surface area is 72.0 Å². The summed E-state index contributed by atoms with van der Waals surface area (Å²) in [7, 11) is 1.97. The number of hydrogen-bond acceptors (Lipinski definition) is 3. The van der Waals surface area contributed by atoms with Crippen LogP contribution in [0.4, 0.5) is 0 Å². The number of aryl methyl sites for hydroxylation is 1. The quantitative estimate of drug-likeness (QED) is 0.709. The maximum absolute atomic E-state index is 4.00. The van der Waals surface area contributed by atoms with Crippen molar-refractivity contribution >= 4 is 0 Å². The Hall–Kier alpha value is -0.900. The van der Waals surface area contributed by atoms with Gasteiger partial charge in [-0.25, -0.2) is 0 Å². The summed E-state index contributed by atoms with van der Waals surface area (Å²) in [5.41, 5.74) is 0. The highest BCUT2D eigenvalue weighted by Crippen LogP contribution is 2.18. The predicted octanol–water partition coefficient (Wildman–Crippen LogP) is 0.457. The number of rotatable bonds is 3. The summed E-state index contributed by atoms with van der Waals surface area (Å²) in [5.74, 6) is 1.02. The zero-order valence-corrected chi connectivity index (χ0v) is 7.32. The van der Waals surface area contributed by atoms with Crippen LogP contribution in [-0.4, -0.2) is 20.8 Å². The SMILES string of the molecule is Cn1cnnc1CNC1CCC1. The van der Waals surface area contributed by atoms with Gasteiger partial charge >= 0.3 is 0 Å². The van der Waals surface area contributed by atoms with Gasteiger partial charge in [0.05, 0.1) is 6.54 Å². The van der Waals surface area contributed by atoms with Gasteiger partial charge in [0.15, 0.2) is 0 Å². The fraction of sp³-hybridized carbons (Fsp3) is 0.750. The van der Waals surface area contributed by atoms with Crippen LogP contribution in [0.3, 0.4) is 0 Å². The number of nitrogens with one attached hydrogen (secondary N) is 1. The second kappa shape index (κ2) is 3.23. The van der Waals surface area contributed by atoms with Crippen LogP contribution >= 0.6 is 0 Å². The first kappa shape index (κ1) is 7.73. The molecule has 0 atom stereocenters. The summed E-state index contributed by atoms with van der Waals surface area (Å²) < 4.78 is 1.95. The van der Waals surface area contributed by atoms with Gasteiger partial charge in [-0.05, 0) is 12.8 Å². The molecule has 0 spiro atoms. The van der Waals surface area contributed by atoms with E-state index in [0.717, 1.165) is 18.4 Å². The molecule has 1 N–H and O–H groups in total. The smallest absolute Gasteiger partial charge is 0.146 e. The van der Waals surface area contributed by atoms with Crippen molar-refractivity contribution in [2.75, 3.05) is 0 Å². The summed E-state index contributed by atoms with van der Waals surface area (Å²) in [6, 6.07) is 0.724. The highest BCUT2D eigenvalue weighted by molar-refractivity contribution is 4.86. The molecule has 1 aromatic rings. The van der Waals surface area contributed by atoms with Crippen LogP contribution in [0, 0.1) is 0 Å². The molecule has 0 amide bonds. The molecular formula is C8H14N4. The zero-order valence-electron chi connectivity index (χ0n) is 7.32. The van der Waals surface area contributed by atoms with E-state index in [1.165, 1.54) is 19.3 Å². The van der Waals surface area contributed by atoms with E-state index in [9.17, 15) is 0 Å². The fourth-order valence-corrected chi connectivity index (χ4v) is 1.32. The molecule has 4 nitrogen and oxygen atoms in total. The Kier molecular flexibility index (Phi) is 2.08. The van der Waals surface area contributed by atoms with Crippen LogP contribution in [-0.2, 0) is 13.6 Å². The first-order chi connectivity index (χ1) is 5.86. The van der Waals surface area contributed by atoms with Crippen molar-refractivity contribution in [3.63, 3.8) is 0 Å². The molecule has 0 aromatic carbocycles. The molecule has 1 aliphatic carbocycles. The van der Waals surface area contributed by atoms with Crippen LogP contribution in [0.15, 0.2) is 6.33 Å². The van der Waals surface area contributed by atoms with E-state index in [2.05, 4.69) is 15.5 Å². The van der Waals surface area contributed by atoms with Crippen molar-refractivity contribution < 1.29 is 0 Å². The molecule has 0 radical (unpaired) electrons. The molecule has 1 aromatic heterocycles. The van der Waals surface area contributed by atoms with E-state index in [1.54, 1.807) is 6.33 Å². The lowest BCUT2D eigenvalue weighted by molar-refractivity contribution is 0.334. The largest absolute Gasteiger partial charge is 0.320 e. The van der Waals surface area contributed by atoms with Crippen molar-refractivity contribution in [1.82, 2.24) is 20.1 Å². The summed E-state index contributed by atoms with van der Waals surface area (Å²) in [6.07, 6.45) is 5.74. The topological polar surface area (TPSA) is 42.7 Å². The molecule has 1 saturated carbocycles. The molecular weight excluding hydrogens is 152 g/mol. The first-order valence-electron chi connectivity index (χ1n) is 4.42. The first-order valence-corrected chi connectivity index (χ1v) is 4.42. The van der Waals surface area contributed by atoms with Gasteiger partial charge in [-0.15, -0.1) is 10.2 Å². The minimum absolute atomic E-state index is 0.724. The van der Waals surface area contributed by atoms with Crippen molar-refractivity contribution in [3.05, 3.63) is 12.2 Å². The average Bonchev–Trinajstić information content (AvgIpc) is 2.33. The predicted molar refractivity (Wildman–Crippen MR) is 45.5 cm³/mol. The maximum atomic E-state index is 4.00. The summed E-state index contributed by atoms with van der Waals surface area (Å²) in [6.45, 7) is 0.848. The van der Waals surface area contributed by atoms with Crippen LogP contribution in [0.5, 0.6) is 0 Å². The van der Waals surface area contributed by atoms with Gasteiger partial charge < -0.3 is 9.88 Å². The second-order valence-corrected chi connectivity index (χ2v) is 3.37. The Morgan fingerprint density at radius 3 is 3.00 bits per heavy atom. The van der Waals surface area contributed by atoms with E-state index in [4.69, 9.17) is 0 Å². The molecule has 0 unspecified atom stereocenters.